The lowest BCUT2D eigenvalue weighted by molar-refractivity contribution is 0.0993. The van der Waals surface area contributed by atoms with Crippen LogP contribution in [0.4, 0.5) is 4.39 Å². The second-order valence-electron chi connectivity index (χ2n) is 3.61. The zero-order valence-corrected chi connectivity index (χ0v) is 10.6. The van der Waals surface area contributed by atoms with E-state index in [2.05, 4.69) is 4.98 Å². The molecule has 2 nitrogen and oxygen atoms in total. The van der Waals surface area contributed by atoms with E-state index in [0.717, 1.165) is 16.8 Å². The van der Waals surface area contributed by atoms with Crippen LogP contribution in [0, 0.1) is 12.7 Å². The van der Waals surface area contributed by atoms with Crippen LogP contribution in [-0.2, 0) is 6.42 Å². The van der Waals surface area contributed by atoms with Gasteiger partial charge in [0.05, 0.1) is 11.4 Å². The minimum atomic E-state index is -0.448. The Hall–Kier alpha value is -1.26. The Morgan fingerprint density at radius 2 is 2.29 bits per heavy atom. The highest BCUT2D eigenvalue weighted by atomic mass is 35.5. The number of ketones is 1. The number of halogens is 2. The maximum absolute atomic E-state index is 12.8. The molecule has 0 amide bonds. The number of nitrogens with zero attached hydrogens (tertiary/aromatic N) is 1. The first-order valence-corrected chi connectivity index (χ1v) is 6.21. The van der Waals surface area contributed by atoms with Crippen molar-refractivity contribution >= 4 is 28.7 Å². The van der Waals surface area contributed by atoms with Crippen molar-refractivity contribution in [3.05, 3.63) is 50.7 Å². The number of hydrogen-bond acceptors (Lipinski definition) is 3. The summed E-state index contributed by atoms with van der Waals surface area (Å²) >= 11 is 7.25. The molecule has 0 aliphatic heterocycles. The van der Waals surface area contributed by atoms with Crippen LogP contribution >= 0.6 is 22.9 Å². The topological polar surface area (TPSA) is 30.0 Å². The smallest absolute Gasteiger partial charge is 0.171 e. The van der Waals surface area contributed by atoms with Crippen LogP contribution in [0.15, 0.2) is 23.6 Å². The first kappa shape index (κ1) is 12.2. The average Bonchev–Trinajstić information content (AvgIpc) is 2.63. The highest BCUT2D eigenvalue weighted by Crippen LogP contribution is 2.20. The summed E-state index contributed by atoms with van der Waals surface area (Å²) in [5, 5.41) is 2.77. The van der Waals surface area contributed by atoms with E-state index in [1.807, 2.05) is 12.3 Å². The predicted molar refractivity (Wildman–Crippen MR) is 66.3 cm³/mol. The van der Waals surface area contributed by atoms with Crippen molar-refractivity contribution in [1.82, 2.24) is 4.98 Å². The zero-order valence-electron chi connectivity index (χ0n) is 9.04. The molecular weight excluding hydrogens is 261 g/mol. The van der Waals surface area contributed by atoms with Gasteiger partial charge in [0.1, 0.15) is 10.8 Å². The van der Waals surface area contributed by atoms with Crippen LogP contribution in [0.2, 0.25) is 5.02 Å². The zero-order chi connectivity index (χ0) is 12.4. The molecule has 17 heavy (non-hydrogen) atoms. The molecule has 0 atom stereocenters. The summed E-state index contributed by atoms with van der Waals surface area (Å²) in [4.78, 5) is 16.1. The van der Waals surface area contributed by atoms with Gasteiger partial charge >= 0.3 is 0 Å². The number of carbonyl (C=O) groups is 1. The molecule has 1 aromatic heterocycles. The van der Waals surface area contributed by atoms with Gasteiger partial charge in [-0.2, -0.15) is 0 Å². The van der Waals surface area contributed by atoms with Crippen LogP contribution < -0.4 is 0 Å². The molecule has 2 aromatic rings. The second-order valence-corrected chi connectivity index (χ2v) is 4.96. The summed E-state index contributed by atoms with van der Waals surface area (Å²) in [6.45, 7) is 1.87. The summed E-state index contributed by atoms with van der Waals surface area (Å²) in [6, 6.07) is 3.77. The fourth-order valence-corrected chi connectivity index (χ4v) is 2.48. The Balaban J connectivity index is 2.20. The van der Waals surface area contributed by atoms with Crippen LogP contribution in [0.3, 0.4) is 0 Å². The maximum atomic E-state index is 12.8. The Morgan fingerprint density at radius 1 is 1.53 bits per heavy atom. The maximum Gasteiger partial charge on any atom is 0.171 e. The number of aryl methyl sites for hydroxylation is 1. The number of thiazole rings is 1. The quantitative estimate of drug-likeness (QED) is 0.796. The minimum absolute atomic E-state index is 0.142. The first-order valence-electron chi connectivity index (χ1n) is 4.95. The van der Waals surface area contributed by atoms with Crippen molar-refractivity contribution in [1.29, 1.82) is 0 Å². The molecule has 88 valence electrons. The monoisotopic (exact) mass is 269 g/mol. The van der Waals surface area contributed by atoms with Gasteiger partial charge in [-0.05, 0) is 25.1 Å². The van der Waals surface area contributed by atoms with E-state index < -0.39 is 5.82 Å². The molecule has 0 aliphatic rings. The number of Topliss-reactive ketones (excluding diaryl/α,β-unsaturated/α-hetero) is 1. The van der Waals surface area contributed by atoms with Gasteiger partial charge in [0, 0.05) is 16.6 Å². The third-order valence-electron chi connectivity index (χ3n) is 2.21. The van der Waals surface area contributed by atoms with E-state index in [-0.39, 0.29) is 17.2 Å². The minimum Gasteiger partial charge on any atom is -0.294 e. The highest BCUT2D eigenvalue weighted by Gasteiger charge is 2.13. The van der Waals surface area contributed by atoms with Crippen molar-refractivity contribution < 1.29 is 9.18 Å². The number of rotatable bonds is 3. The van der Waals surface area contributed by atoms with Gasteiger partial charge in [0.2, 0.25) is 0 Å². The molecule has 0 unspecified atom stereocenters. The van der Waals surface area contributed by atoms with Gasteiger partial charge in [-0.3, -0.25) is 4.79 Å². The Morgan fingerprint density at radius 3 is 2.88 bits per heavy atom. The van der Waals surface area contributed by atoms with Gasteiger partial charge in [0.15, 0.2) is 5.78 Å². The van der Waals surface area contributed by atoms with Crippen molar-refractivity contribution in [3.8, 4) is 0 Å². The van der Waals surface area contributed by atoms with E-state index in [9.17, 15) is 9.18 Å². The van der Waals surface area contributed by atoms with Crippen LogP contribution in [0.1, 0.15) is 21.1 Å². The first-order chi connectivity index (χ1) is 8.06. The molecule has 1 aromatic carbocycles. The van der Waals surface area contributed by atoms with Crippen molar-refractivity contribution in [2.45, 2.75) is 13.3 Å². The fourth-order valence-electron chi connectivity index (χ4n) is 1.43. The van der Waals surface area contributed by atoms with E-state index in [4.69, 9.17) is 11.6 Å². The molecule has 0 radical (unpaired) electrons. The van der Waals surface area contributed by atoms with Gasteiger partial charge < -0.3 is 0 Å². The summed E-state index contributed by atoms with van der Waals surface area (Å²) in [5.74, 6) is -0.596. The van der Waals surface area contributed by atoms with Crippen molar-refractivity contribution in [2.24, 2.45) is 0 Å². The lowest BCUT2D eigenvalue weighted by atomic mass is 10.1. The summed E-state index contributed by atoms with van der Waals surface area (Å²) < 4.78 is 12.8. The normalized spacial score (nSPS) is 10.5. The second kappa shape index (κ2) is 4.94. The molecule has 1 heterocycles. The van der Waals surface area contributed by atoms with Crippen LogP contribution in [0.5, 0.6) is 0 Å². The summed E-state index contributed by atoms with van der Waals surface area (Å²) in [6.07, 6.45) is 0.198. The van der Waals surface area contributed by atoms with Crippen molar-refractivity contribution in [3.63, 3.8) is 0 Å². The summed E-state index contributed by atoms with van der Waals surface area (Å²) in [5.41, 5.74) is 1.23. The van der Waals surface area contributed by atoms with E-state index in [1.54, 1.807) is 0 Å². The van der Waals surface area contributed by atoms with Gasteiger partial charge in [0.25, 0.3) is 0 Å². The van der Waals surface area contributed by atoms with Gasteiger partial charge in [-0.1, -0.05) is 11.6 Å². The van der Waals surface area contributed by atoms with E-state index in [1.165, 1.54) is 23.5 Å². The third kappa shape index (κ3) is 2.90. The van der Waals surface area contributed by atoms with E-state index in [0.29, 0.717) is 5.56 Å². The molecule has 0 saturated carbocycles. The molecule has 0 N–H and O–H groups in total. The highest BCUT2D eigenvalue weighted by molar-refractivity contribution is 7.09. The third-order valence-corrected chi connectivity index (χ3v) is 3.49. The molecule has 5 heteroatoms. The standard InChI is InChI=1S/C12H9ClFNOS/c1-7-6-17-12(15-7)5-11(16)9-3-2-8(14)4-10(9)13/h2-4,6H,5H2,1H3. The number of aromatic nitrogens is 1. The molecular formula is C12H9ClFNOS. The molecule has 0 aliphatic carbocycles. The van der Waals surface area contributed by atoms with Crippen LogP contribution in [0.25, 0.3) is 0 Å². The van der Waals surface area contributed by atoms with Crippen molar-refractivity contribution in [2.75, 3.05) is 0 Å². The van der Waals surface area contributed by atoms with Crippen LogP contribution in [-0.4, -0.2) is 10.8 Å². The number of carbonyl (C=O) groups excluding carboxylic acids is 1. The Bertz CT molecular complexity index is 567. The molecule has 2 rings (SSSR count). The molecule has 0 spiro atoms. The SMILES string of the molecule is Cc1csc(CC(=O)c2ccc(F)cc2Cl)n1. The Kier molecular flexibility index (Phi) is 3.54. The lowest BCUT2D eigenvalue weighted by Crippen LogP contribution is -2.04. The summed E-state index contributed by atoms with van der Waals surface area (Å²) in [7, 11) is 0. The lowest BCUT2D eigenvalue weighted by Gasteiger charge is -2.01. The predicted octanol–water partition coefficient (Wildman–Crippen LogP) is 3.67. The number of benzene rings is 1. The Labute approximate surface area is 107 Å². The molecule has 0 saturated heterocycles. The van der Waals surface area contributed by atoms with E-state index >= 15 is 0 Å². The largest absolute Gasteiger partial charge is 0.294 e. The molecule has 0 fully saturated rings. The van der Waals surface area contributed by atoms with Gasteiger partial charge in [-0.15, -0.1) is 11.3 Å². The number of hydrogen-bond donors (Lipinski definition) is 0. The fraction of sp³-hybridized carbons (Fsp3) is 0.167. The molecule has 0 bridgehead atoms. The average molecular weight is 270 g/mol. The van der Waals surface area contributed by atoms with Gasteiger partial charge in [-0.25, -0.2) is 9.37 Å².